The molecule has 0 aliphatic carbocycles. The third-order valence-electron chi connectivity index (χ3n) is 5.24. The summed E-state index contributed by atoms with van der Waals surface area (Å²) < 4.78 is 21.6. The normalized spacial score (nSPS) is 10.7. The predicted molar refractivity (Wildman–Crippen MR) is 145 cm³/mol. The first-order valence-electron chi connectivity index (χ1n) is 12.3. The summed E-state index contributed by atoms with van der Waals surface area (Å²) in [5, 5.41) is 9.77. The number of ether oxygens (including phenoxy) is 4. The lowest BCUT2D eigenvalue weighted by atomic mass is 10.1. The quantitative estimate of drug-likeness (QED) is 0.187. The summed E-state index contributed by atoms with van der Waals surface area (Å²) in [4.78, 5) is 13.6. The van der Waals surface area contributed by atoms with Crippen molar-refractivity contribution in [1.29, 1.82) is 0 Å². The molecule has 0 fully saturated rings. The summed E-state index contributed by atoms with van der Waals surface area (Å²) in [6, 6.07) is 16.0. The van der Waals surface area contributed by atoms with Crippen LogP contribution in [-0.4, -0.2) is 75.2 Å². The van der Waals surface area contributed by atoms with Crippen molar-refractivity contribution in [3.8, 4) is 11.5 Å². The maximum Gasteiger partial charge on any atom is 0.229 e. The van der Waals surface area contributed by atoms with Crippen LogP contribution in [0.1, 0.15) is 11.1 Å². The number of nitrogens with one attached hydrogen (secondary N) is 3. The lowest BCUT2D eigenvalue weighted by molar-refractivity contribution is 0.0547. The van der Waals surface area contributed by atoms with Gasteiger partial charge in [-0.2, -0.15) is 15.0 Å². The van der Waals surface area contributed by atoms with Gasteiger partial charge in [-0.05, 0) is 29.7 Å². The van der Waals surface area contributed by atoms with E-state index in [-0.39, 0.29) is 0 Å². The highest BCUT2D eigenvalue weighted by Crippen LogP contribution is 2.27. The van der Waals surface area contributed by atoms with E-state index >= 15 is 0 Å². The van der Waals surface area contributed by atoms with Crippen molar-refractivity contribution in [3.63, 3.8) is 0 Å². The largest absolute Gasteiger partial charge is 0.493 e. The van der Waals surface area contributed by atoms with E-state index in [9.17, 15) is 0 Å². The molecule has 3 rings (SSSR count). The number of rotatable bonds is 18. The van der Waals surface area contributed by atoms with E-state index in [2.05, 4.69) is 43.0 Å². The van der Waals surface area contributed by atoms with Crippen LogP contribution in [0.15, 0.2) is 48.5 Å². The minimum atomic E-state index is 0.450. The highest BCUT2D eigenvalue weighted by Gasteiger charge is 2.09. The van der Waals surface area contributed by atoms with E-state index in [0.29, 0.717) is 82.0 Å². The van der Waals surface area contributed by atoms with Gasteiger partial charge in [-0.25, -0.2) is 0 Å². The minimum absolute atomic E-state index is 0.450. The number of nitrogens with two attached hydrogens (primary N) is 1. The van der Waals surface area contributed by atoms with Crippen LogP contribution in [0, 0.1) is 0 Å². The third-order valence-corrected chi connectivity index (χ3v) is 5.24. The Labute approximate surface area is 218 Å². The summed E-state index contributed by atoms with van der Waals surface area (Å²) in [5.41, 5.74) is 7.64. The topological polar surface area (TPSA) is 138 Å². The molecule has 0 spiro atoms. The van der Waals surface area contributed by atoms with Gasteiger partial charge in [0, 0.05) is 26.2 Å². The minimum Gasteiger partial charge on any atom is -0.493 e. The Morgan fingerprint density at radius 2 is 1.32 bits per heavy atom. The van der Waals surface area contributed by atoms with Crippen LogP contribution in [0.25, 0.3) is 0 Å². The molecular formula is C26H37N7O4. The van der Waals surface area contributed by atoms with Crippen molar-refractivity contribution in [2.75, 3.05) is 76.2 Å². The Morgan fingerprint density at radius 3 is 2.00 bits per heavy atom. The van der Waals surface area contributed by atoms with Gasteiger partial charge in [-0.15, -0.1) is 0 Å². The van der Waals surface area contributed by atoms with Crippen LogP contribution in [0.5, 0.6) is 11.5 Å². The molecule has 37 heavy (non-hydrogen) atoms. The van der Waals surface area contributed by atoms with Crippen LogP contribution in [0.4, 0.5) is 17.8 Å². The van der Waals surface area contributed by atoms with E-state index in [1.807, 2.05) is 36.4 Å². The van der Waals surface area contributed by atoms with E-state index < -0.39 is 0 Å². The van der Waals surface area contributed by atoms with Crippen LogP contribution < -0.4 is 31.2 Å². The SMILES string of the molecule is COc1ccc(CNc2nc(NCCOCCOCCN)nc(NCCc3ccccc3)n2)cc1OC. The number of hydrogen-bond acceptors (Lipinski definition) is 11. The fourth-order valence-corrected chi connectivity index (χ4v) is 3.39. The Kier molecular flexibility index (Phi) is 12.2. The summed E-state index contributed by atoms with van der Waals surface area (Å²) in [6.07, 6.45) is 0.851. The van der Waals surface area contributed by atoms with Gasteiger partial charge < -0.3 is 40.6 Å². The molecule has 2 aromatic carbocycles. The Hall–Kier alpha value is -3.67. The molecule has 200 valence electrons. The zero-order valence-electron chi connectivity index (χ0n) is 21.5. The molecule has 0 saturated carbocycles. The highest BCUT2D eigenvalue weighted by molar-refractivity contribution is 5.45. The molecule has 0 amide bonds. The second-order valence-electron chi connectivity index (χ2n) is 7.95. The molecule has 0 atom stereocenters. The zero-order valence-corrected chi connectivity index (χ0v) is 21.5. The summed E-state index contributed by atoms with van der Waals surface area (Å²) in [7, 11) is 3.23. The van der Waals surface area contributed by atoms with Gasteiger partial charge in [0.05, 0.1) is 40.6 Å². The second kappa shape index (κ2) is 16.1. The van der Waals surface area contributed by atoms with Crippen molar-refractivity contribution in [3.05, 3.63) is 59.7 Å². The summed E-state index contributed by atoms with van der Waals surface area (Å²) >= 11 is 0. The molecule has 1 heterocycles. The van der Waals surface area contributed by atoms with Crippen LogP contribution in [0.2, 0.25) is 0 Å². The monoisotopic (exact) mass is 511 g/mol. The summed E-state index contributed by atoms with van der Waals surface area (Å²) in [6.45, 7) is 4.28. The van der Waals surface area contributed by atoms with Crippen molar-refractivity contribution in [1.82, 2.24) is 15.0 Å². The average molecular weight is 512 g/mol. The van der Waals surface area contributed by atoms with Crippen molar-refractivity contribution in [2.24, 2.45) is 5.73 Å². The first-order valence-corrected chi connectivity index (χ1v) is 12.3. The smallest absolute Gasteiger partial charge is 0.229 e. The van der Waals surface area contributed by atoms with Gasteiger partial charge >= 0.3 is 0 Å². The van der Waals surface area contributed by atoms with Crippen LogP contribution >= 0.6 is 0 Å². The lowest BCUT2D eigenvalue weighted by Gasteiger charge is -2.13. The van der Waals surface area contributed by atoms with Crippen molar-refractivity contribution < 1.29 is 18.9 Å². The Bertz CT molecular complexity index is 1060. The van der Waals surface area contributed by atoms with E-state index in [4.69, 9.17) is 24.7 Å². The lowest BCUT2D eigenvalue weighted by Crippen LogP contribution is -2.17. The molecule has 0 bridgehead atoms. The Morgan fingerprint density at radius 1 is 0.676 bits per heavy atom. The highest BCUT2D eigenvalue weighted by atomic mass is 16.5. The zero-order chi connectivity index (χ0) is 26.1. The molecule has 1 aromatic heterocycles. The molecule has 3 aromatic rings. The fraction of sp³-hybridized carbons (Fsp3) is 0.423. The molecule has 0 unspecified atom stereocenters. The predicted octanol–water partition coefficient (Wildman–Crippen LogP) is 2.56. The fourth-order valence-electron chi connectivity index (χ4n) is 3.39. The van der Waals surface area contributed by atoms with Crippen LogP contribution in [-0.2, 0) is 22.4 Å². The summed E-state index contributed by atoms with van der Waals surface area (Å²) in [5.74, 6) is 2.73. The van der Waals surface area contributed by atoms with Gasteiger partial charge in [0.1, 0.15) is 0 Å². The van der Waals surface area contributed by atoms with Gasteiger partial charge in [-0.3, -0.25) is 0 Å². The number of anilines is 3. The third kappa shape index (κ3) is 10.1. The standard InChI is InChI=1S/C26H37N7O4/c1-34-22-9-8-21(18-23(22)35-2)19-30-26-32-24(28-12-10-20-6-4-3-5-7-20)31-25(33-26)29-13-15-37-17-16-36-14-11-27/h3-9,18H,10-17,19,27H2,1-2H3,(H3,28,29,30,31,32,33). The molecule has 0 aliphatic heterocycles. The first kappa shape index (κ1) is 27.9. The number of methoxy groups -OCH3 is 2. The molecule has 0 aliphatic rings. The van der Waals surface area contributed by atoms with Crippen molar-refractivity contribution >= 4 is 17.8 Å². The maximum atomic E-state index is 5.57. The first-order chi connectivity index (χ1) is 18.2. The molecule has 11 nitrogen and oxygen atoms in total. The molecule has 0 radical (unpaired) electrons. The van der Waals surface area contributed by atoms with Gasteiger partial charge in [0.15, 0.2) is 11.5 Å². The van der Waals surface area contributed by atoms with Gasteiger partial charge in [0.25, 0.3) is 0 Å². The van der Waals surface area contributed by atoms with Gasteiger partial charge in [0.2, 0.25) is 17.8 Å². The second-order valence-corrected chi connectivity index (χ2v) is 7.95. The maximum absolute atomic E-state index is 5.57. The number of hydrogen-bond donors (Lipinski definition) is 4. The average Bonchev–Trinajstić information content (AvgIpc) is 2.93. The van der Waals surface area contributed by atoms with E-state index in [0.717, 1.165) is 12.0 Å². The molecule has 5 N–H and O–H groups in total. The molecule has 0 saturated heterocycles. The molecular weight excluding hydrogens is 474 g/mol. The van der Waals surface area contributed by atoms with Crippen molar-refractivity contribution in [2.45, 2.75) is 13.0 Å². The van der Waals surface area contributed by atoms with E-state index in [1.54, 1.807) is 14.2 Å². The Balaban J connectivity index is 1.59. The molecule has 11 heteroatoms. The van der Waals surface area contributed by atoms with E-state index in [1.165, 1.54) is 5.56 Å². The number of benzene rings is 2. The number of nitrogens with zero attached hydrogens (tertiary/aromatic N) is 3. The number of aromatic nitrogens is 3. The van der Waals surface area contributed by atoms with Crippen LogP contribution in [0.3, 0.4) is 0 Å². The van der Waals surface area contributed by atoms with Gasteiger partial charge in [-0.1, -0.05) is 36.4 Å².